The minimum absolute atomic E-state index is 0.307. The molecule has 1 heterocycles. The quantitative estimate of drug-likeness (QED) is 0.512. The third-order valence-corrected chi connectivity index (χ3v) is 4.96. The number of ether oxygens (including phenoxy) is 2. The number of aromatic nitrogens is 1. The number of nitrogens with zero attached hydrogens (tertiary/aromatic N) is 1. The van der Waals surface area contributed by atoms with Gasteiger partial charge in [-0.3, -0.25) is 4.98 Å². The highest BCUT2D eigenvalue weighted by molar-refractivity contribution is 5.99. The smallest absolute Gasteiger partial charge is 0.323 e. The average molecular weight is 403 g/mol. The number of nitrogens with one attached hydrogen (secondary N) is 2. The molecule has 2 aromatic carbocycles. The maximum atomic E-state index is 12.3. The van der Waals surface area contributed by atoms with Crippen molar-refractivity contribution in [2.45, 2.75) is 38.2 Å². The number of hydrogen-bond acceptors (Lipinski definition) is 4. The second-order valence-corrected chi connectivity index (χ2v) is 7.29. The summed E-state index contributed by atoms with van der Waals surface area (Å²) in [6, 6.07) is 17.9. The Morgan fingerprint density at radius 2 is 1.27 bits per heavy atom. The summed E-state index contributed by atoms with van der Waals surface area (Å²) in [5.74, 6) is 2.23. The van der Waals surface area contributed by atoms with Crippen LogP contribution in [0.1, 0.15) is 32.1 Å². The molecule has 1 saturated carbocycles. The molecule has 1 aromatic heterocycles. The number of pyridine rings is 1. The molecule has 6 heteroatoms. The van der Waals surface area contributed by atoms with Crippen molar-refractivity contribution in [2.24, 2.45) is 0 Å². The van der Waals surface area contributed by atoms with Gasteiger partial charge in [-0.25, -0.2) is 4.79 Å². The Morgan fingerprint density at radius 3 is 1.87 bits per heavy atom. The molecule has 4 rings (SSSR count). The van der Waals surface area contributed by atoms with Crippen molar-refractivity contribution in [3.63, 3.8) is 0 Å². The molecule has 6 nitrogen and oxygen atoms in total. The maximum absolute atomic E-state index is 12.3. The molecule has 0 spiro atoms. The van der Waals surface area contributed by atoms with E-state index >= 15 is 0 Å². The van der Waals surface area contributed by atoms with Gasteiger partial charge in [0.05, 0.1) is 6.10 Å². The van der Waals surface area contributed by atoms with Gasteiger partial charge in [0.2, 0.25) is 0 Å². The number of rotatable bonds is 6. The van der Waals surface area contributed by atoms with E-state index in [1.807, 2.05) is 24.3 Å². The summed E-state index contributed by atoms with van der Waals surface area (Å²) in [6.45, 7) is 0. The van der Waals surface area contributed by atoms with Gasteiger partial charge in [-0.15, -0.1) is 0 Å². The van der Waals surface area contributed by atoms with Crippen molar-refractivity contribution in [3.8, 4) is 17.2 Å². The van der Waals surface area contributed by atoms with Crippen LogP contribution in [0.15, 0.2) is 73.1 Å². The number of benzene rings is 2. The first kappa shape index (κ1) is 19.8. The minimum atomic E-state index is -0.307. The van der Waals surface area contributed by atoms with E-state index in [2.05, 4.69) is 15.6 Å². The predicted octanol–water partition coefficient (Wildman–Crippen LogP) is 6.23. The lowest BCUT2D eigenvalue weighted by atomic mass is 9.98. The highest BCUT2D eigenvalue weighted by Gasteiger charge is 2.14. The molecule has 0 unspecified atom stereocenters. The molecular weight excluding hydrogens is 378 g/mol. The SMILES string of the molecule is O=C(Nc1ccc(Oc2ccncc2)cc1)Nc1ccc(OC2CCCCC2)cc1. The summed E-state index contributed by atoms with van der Waals surface area (Å²) in [4.78, 5) is 16.2. The minimum Gasteiger partial charge on any atom is -0.490 e. The van der Waals surface area contributed by atoms with Gasteiger partial charge in [0.1, 0.15) is 17.2 Å². The number of anilines is 2. The van der Waals surface area contributed by atoms with Gasteiger partial charge in [-0.2, -0.15) is 0 Å². The first-order valence-electron chi connectivity index (χ1n) is 10.3. The molecule has 1 aliphatic carbocycles. The molecule has 2 amide bonds. The number of carbonyl (C=O) groups is 1. The Hall–Kier alpha value is -3.54. The molecule has 0 aliphatic heterocycles. The van der Waals surface area contributed by atoms with Crippen LogP contribution in [0.4, 0.5) is 16.2 Å². The van der Waals surface area contributed by atoms with Crippen molar-refractivity contribution in [1.82, 2.24) is 4.98 Å². The van der Waals surface area contributed by atoms with E-state index in [1.165, 1.54) is 19.3 Å². The molecular formula is C24H25N3O3. The van der Waals surface area contributed by atoms with E-state index in [0.717, 1.165) is 18.6 Å². The third-order valence-electron chi connectivity index (χ3n) is 4.96. The topological polar surface area (TPSA) is 72.5 Å². The van der Waals surface area contributed by atoms with Crippen molar-refractivity contribution in [2.75, 3.05) is 10.6 Å². The summed E-state index contributed by atoms with van der Waals surface area (Å²) < 4.78 is 11.7. The summed E-state index contributed by atoms with van der Waals surface area (Å²) >= 11 is 0. The zero-order valence-electron chi connectivity index (χ0n) is 16.7. The van der Waals surface area contributed by atoms with E-state index in [9.17, 15) is 4.79 Å². The lowest BCUT2D eigenvalue weighted by Gasteiger charge is -2.23. The van der Waals surface area contributed by atoms with Gasteiger partial charge in [0, 0.05) is 23.8 Å². The van der Waals surface area contributed by atoms with Gasteiger partial charge >= 0.3 is 6.03 Å². The Kier molecular flexibility index (Phi) is 6.44. The van der Waals surface area contributed by atoms with E-state index in [-0.39, 0.29) is 6.03 Å². The van der Waals surface area contributed by atoms with E-state index in [0.29, 0.717) is 29.0 Å². The molecule has 3 aromatic rings. The summed E-state index contributed by atoms with van der Waals surface area (Å²) in [6.07, 6.45) is 9.67. The highest BCUT2D eigenvalue weighted by Crippen LogP contribution is 2.25. The zero-order valence-corrected chi connectivity index (χ0v) is 16.7. The fraction of sp³-hybridized carbons (Fsp3) is 0.250. The highest BCUT2D eigenvalue weighted by atomic mass is 16.5. The van der Waals surface area contributed by atoms with E-state index in [1.54, 1.807) is 48.8 Å². The monoisotopic (exact) mass is 403 g/mol. The molecule has 0 bridgehead atoms. The van der Waals surface area contributed by atoms with Crippen LogP contribution in [0.5, 0.6) is 17.2 Å². The Balaban J connectivity index is 1.26. The molecule has 1 aliphatic rings. The van der Waals surface area contributed by atoms with Crippen molar-refractivity contribution in [3.05, 3.63) is 73.1 Å². The number of hydrogen-bond donors (Lipinski definition) is 2. The fourth-order valence-electron chi connectivity index (χ4n) is 3.43. The van der Waals surface area contributed by atoms with Crippen molar-refractivity contribution in [1.29, 1.82) is 0 Å². The number of carbonyl (C=O) groups excluding carboxylic acids is 1. The standard InChI is InChI=1S/C24H25N3O3/c28-24(26-18-6-10-21(11-7-18)29-20-4-2-1-3-5-20)27-19-8-12-22(13-9-19)30-23-14-16-25-17-15-23/h6-17,20H,1-5H2,(H2,26,27,28). The Labute approximate surface area is 176 Å². The molecule has 154 valence electrons. The average Bonchev–Trinajstić information content (AvgIpc) is 2.78. The van der Waals surface area contributed by atoms with Crippen LogP contribution in [-0.4, -0.2) is 17.1 Å². The predicted molar refractivity (Wildman–Crippen MR) is 117 cm³/mol. The first-order valence-corrected chi connectivity index (χ1v) is 10.3. The zero-order chi connectivity index (χ0) is 20.6. The maximum Gasteiger partial charge on any atom is 0.323 e. The lowest BCUT2D eigenvalue weighted by Crippen LogP contribution is -2.20. The second kappa shape index (κ2) is 9.78. The molecule has 0 atom stereocenters. The molecule has 30 heavy (non-hydrogen) atoms. The molecule has 1 fully saturated rings. The van der Waals surface area contributed by atoms with Gasteiger partial charge in [-0.05, 0) is 86.3 Å². The molecule has 0 radical (unpaired) electrons. The van der Waals surface area contributed by atoms with Crippen LogP contribution in [-0.2, 0) is 0 Å². The second-order valence-electron chi connectivity index (χ2n) is 7.29. The Morgan fingerprint density at radius 1 is 0.733 bits per heavy atom. The lowest BCUT2D eigenvalue weighted by molar-refractivity contribution is 0.155. The summed E-state index contributed by atoms with van der Waals surface area (Å²) in [7, 11) is 0. The number of amides is 2. The van der Waals surface area contributed by atoms with Crippen molar-refractivity contribution >= 4 is 17.4 Å². The fourth-order valence-corrected chi connectivity index (χ4v) is 3.43. The van der Waals surface area contributed by atoms with Crippen molar-refractivity contribution < 1.29 is 14.3 Å². The first-order chi connectivity index (χ1) is 14.7. The van der Waals surface area contributed by atoms with Crippen LogP contribution < -0.4 is 20.1 Å². The van der Waals surface area contributed by atoms with Crippen LogP contribution in [0.3, 0.4) is 0 Å². The van der Waals surface area contributed by atoms with Crippen LogP contribution >= 0.6 is 0 Å². The Bertz CT molecular complexity index is 938. The van der Waals surface area contributed by atoms with Gasteiger partial charge in [0.15, 0.2) is 0 Å². The normalized spacial score (nSPS) is 14.0. The van der Waals surface area contributed by atoms with Crippen LogP contribution in [0.25, 0.3) is 0 Å². The van der Waals surface area contributed by atoms with Crippen LogP contribution in [0, 0.1) is 0 Å². The van der Waals surface area contributed by atoms with E-state index < -0.39 is 0 Å². The summed E-state index contributed by atoms with van der Waals surface area (Å²) in [5, 5.41) is 5.65. The number of urea groups is 1. The van der Waals surface area contributed by atoms with Gasteiger partial charge in [-0.1, -0.05) is 6.42 Å². The largest absolute Gasteiger partial charge is 0.490 e. The molecule has 2 N–H and O–H groups in total. The van der Waals surface area contributed by atoms with E-state index in [4.69, 9.17) is 9.47 Å². The third kappa shape index (κ3) is 5.73. The van der Waals surface area contributed by atoms with Gasteiger partial charge in [0.25, 0.3) is 0 Å². The van der Waals surface area contributed by atoms with Gasteiger partial charge < -0.3 is 20.1 Å². The summed E-state index contributed by atoms with van der Waals surface area (Å²) in [5.41, 5.74) is 1.38. The molecule has 0 saturated heterocycles. The van der Waals surface area contributed by atoms with Crippen LogP contribution in [0.2, 0.25) is 0 Å².